The maximum absolute atomic E-state index is 13.4. The van der Waals surface area contributed by atoms with E-state index in [1.165, 1.54) is 10.7 Å². The number of carbonyl (C=O) groups excluding carboxylic acids is 3. The molecule has 3 amide bonds. The molecule has 9 nitrogen and oxygen atoms in total. The lowest BCUT2D eigenvalue weighted by Gasteiger charge is -2.43. The van der Waals surface area contributed by atoms with E-state index < -0.39 is 5.54 Å². The van der Waals surface area contributed by atoms with Crippen molar-refractivity contribution in [3.8, 4) is 5.75 Å². The van der Waals surface area contributed by atoms with Gasteiger partial charge in [-0.25, -0.2) is 0 Å². The van der Waals surface area contributed by atoms with E-state index in [4.69, 9.17) is 4.74 Å². The number of rotatable bonds is 8. The van der Waals surface area contributed by atoms with Crippen LogP contribution in [0.4, 0.5) is 0 Å². The largest absolute Gasteiger partial charge is 0.496 e. The number of nitrogens with one attached hydrogen (secondary N) is 2. The van der Waals surface area contributed by atoms with Crippen molar-refractivity contribution in [2.24, 2.45) is 0 Å². The Balaban J connectivity index is 1.54. The van der Waals surface area contributed by atoms with Crippen molar-refractivity contribution in [1.82, 2.24) is 25.3 Å². The molecule has 2 aliphatic rings. The van der Waals surface area contributed by atoms with Crippen LogP contribution < -0.4 is 15.4 Å². The zero-order chi connectivity index (χ0) is 24.3. The molecule has 1 fully saturated rings. The Labute approximate surface area is 199 Å². The third kappa shape index (κ3) is 4.51. The second kappa shape index (κ2) is 9.87. The maximum atomic E-state index is 13.4. The first kappa shape index (κ1) is 23.8. The van der Waals surface area contributed by atoms with Crippen LogP contribution in [0.3, 0.4) is 0 Å². The average Bonchev–Trinajstić information content (AvgIpc) is 3.50. The summed E-state index contributed by atoms with van der Waals surface area (Å²) in [6.07, 6.45) is 4.87. The fourth-order valence-corrected chi connectivity index (χ4v) is 4.85. The topological polar surface area (TPSA) is 106 Å². The molecule has 1 aromatic heterocycles. The molecule has 2 aromatic rings. The van der Waals surface area contributed by atoms with Crippen LogP contribution in [-0.2, 0) is 17.9 Å². The van der Waals surface area contributed by atoms with Gasteiger partial charge in [-0.05, 0) is 32.3 Å². The van der Waals surface area contributed by atoms with Gasteiger partial charge in [0, 0.05) is 30.8 Å². The van der Waals surface area contributed by atoms with Crippen LogP contribution in [-0.4, -0.2) is 57.6 Å². The van der Waals surface area contributed by atoms with Gasteiger partial charge in [-0.1, -0.05) is 38.0 Å². The number of hydrogen-bond donors (Lipinski definition) is 2. The van der Waals surface area contributed by atoms with Gasteiger partial charge in [-0.3, -0.25) is 19.1 Å². The lowest BCUT2D eigenvalue weighted by Crippen LogP contribution is -2.65. The fourth-order valence-electron chi connectivity index (χ4n) is 4.85. The molecular formula is C25H33N5O4. The summed E-state index contributed by atoms with van der Waals surface area (Å²) in [5, 5.41) is 10.4. The van der Waals surface area contributed by atoms with Crippen LogP contribution >= 0.6 is 0 Å². The Morgan fingerprint density at radius 2 is 1.97 bits per heavy atom. The highest BCUT2D eigenvalue weighted by Gasteiger charge is 2.48. The molecule has 1 saturated carbocycles. The lowest BCUT2D eigenvalue weighted by molar-refractivity contribution is -0.133. The summed E-state index contributed by atoms with van der Waals surface area (Å²) in [5.74, 6) is -0.154. The van der Waals surface area contributed by atoms with Gasteiger partial charge in [-0.2, -0.15) is 5.10 Å². The van der Waals surface area contributed by atoms with Crippen LogP contribution in [0.1, 0.15) is 72.5 Å². The second-order valence-electron chi connectivity index (χ2n) is 9.25. The minimum atomic E-state index is -1.07. The molecule has 9 heteroatoms. The van der Waals surface area contributed by atoms with Crippen LogP contribution in [0.25, 0.3) is 0 Å². The number of aromatic nitrogens is 2. The van der Waals surface area contributed by atoms with Gasteiger partial charge in [0.05, 0.1) is 13.7 Å². The van der Waals surface area contributed by atoms with E-state index in [0.29, 0.717) is 18.0 Å². The monoisotopic (exact) mass is 467 g/mol. The zero-order valence-corrected chi connectivity index (χ0v) is 20.1. The van der Waals surface area contributed by atoms with E-state index in [9.17, 15) is 14.4 Å². The Kier molecular flexibility index (Phi) is 6.90. The number of methoxy groups -OCH3 is 1. The third-order valence-corrected chi connectivity index (χ3v) is 6.79. The molecule has 4 rings (SSSR count). The molecule has 2 N–H and O–H groups in total. The summed E-state index contributed by atoms with van der Waals surface area (Å²) in [6.45, 7) is 4.69. The van der Waals surface area contributed by atoms with Gasteiger partial charge in [0.2, 0.25) is 5.91 Å². The number of fused-ring (bicyclic) bond motifs is 1. The molecule has 1 aliphatic heterocycles. The molecule has 0 bridgehead atoms. The quantitative estimate of drug-likeness (QED) is 0.621. The van der Waals surface area contributed by atoms with Crippen LogP contribution in [0.15, 0.2) is 30.3 Å². The van der Waals surface area contributed by atoms with Crippen LogP contribution in [0, 0.1) is 0 Å². The Morgan fingerprint density at radius 1 is 1.24 bits per heavy atom. The van der Waals surface area contributed by atoms with E-state index in [1.54, 1.807) is 18.9 Å². The smallest absolute Gasteiger partial charge is 0.273 e. The molecule has 0 spiro atoms. The van der Waals surface area contributed by atoms with Crippen molar-refractivity contribution in [2.75, 3.05) is 13.7 Å². The summed E-state index contributed by atoms with van der Waals surface area (Å²) < 4.78 is 6.83. The number of para-hydroxylation sites is 1. The highest BCUT2D eigenvalue weighted by molar-refractivity contribution is 6.02. The SMILES string of the molecule is CCCN1C(=O)c2cc(C(=O)NCc3ccccc3OC)nn2CC1(C)C(=O)NC1CCCC1. The van der Waals surface area contributed by atoms with Gasteiger partial charge in [-0.15, -0.1) is 0 Å². The standard InChI is InChI=1S/C25H33N5O4/c1-4-13-29-23(32)20-14-19(22(31)26-15-17-9-5-8-12-21(17)34-3)28-30(20)16-25(29,2)24(33)27-18-10-6-7-11-18/h5,8-9,12,14,18H,4,6-7,10-11,13,15-16H2,1-3H3,(H,26,31)(H,27,33). The van der Waals surface area contributed by atoms with Crippen molar-refractivity contribution in [3.05, 3.63) is 47.3 Å². The summed E-state index contributed by atoms with van der Waals surface area (Å²) in [6, 6.07) is 9.10. The molecule has 1 atom stereocenters. The highest BCUT2D eigenvalue weighted by atomic mass is 16.5. The number of carbonyl (C=O) groups is 3. The lowest BCUT2D eigenvalue weighted by atomic mass is 9.94. The molecule has 0 radical (unpaired) electrons. The highest BCUT2D eigenvalue weighted by Crippen LogP contribution is 2.29. The molecule has 1 aliphatic carbocycles. The predicted octanol–water partition coefficient (Wildman–Crippen LogP) is 2.51. The Bertz CT molecular complexity index is 1080. The first-order chi connectivity index (χ1) is 16.4. The van der Waals surface area contributed by atoms with E-state index in [1.807, 2.05) is 31.2 Å². The first-order valence-corrected chi connectivity index (χ1v) is 12.0. The first-order valence-electron chi connectivity index (χ1n) is 12.0. The molecule has 182 valence electrons. The van der Waals surface area contributed by atoms with Crippen molar-refractivity contribution in [2.45, 2.75) is 70.6 Å². The number of benzene rings is 1. The van der Waals surface area contributed by atoms with Gasteiger partial charge >= 0.3 is 0 Å². The molecular weight excluding hydrogens is 434 g/mol. The van der Waals surface area contributed by atoms with E-state index in [2.05, 4.69) is 15.7 Å². The summed E-state index contributed by atoms with van der Waals surface area (Å²) >= 11 is 0. The predicted molar refractivity (Wildman–Crippen MR) is 127 cm³/mol. The van der Waals surface area contributed by atoms with Gasteiger partial charge in [0.25, 0.3) is 11.8 Å². The van der Waals surface area contributed by atoms with Crippen molar-refractivity contribution < 1.29 is 19.1 Å². The Hall–Kier alpha value is -3.36. The maximum Gasteiger partial charge on any atom is 0.273 e. The summed E-state index contributed by atoms with van der Waals surface area (Å²) in [7, 11) is 1.58. The van der Waals surface area contributed by atoms with Crippen molar-refractivity contribution >= 4 is 17.7 Å². The number of ether oxygens (including phenoxy) is 1. The van der Waals surface area contributed by atoms with Crippen molar-refractivity contribution in [3.63, 3.8) is 0 Å². The number of nitrogens with zero attached hydrogens (tertiary/aromatic N) is 3. The normalized spacial score (nSPS) is 20.2. The fraction of sp³-hybridized carbons (Fsp3) is 0.520. The third-order valence-electron chi connectivity index (χ3n) is 6.79. The van der Waals surface area contributed by atoms with Gasteiger partial charge in [0.15, 0.2) is 5.69 Å². The number of amides is 3. The summed E-state index contributed by atoms with van der Waals surface area (Å²) in [4.78, 5) is 41.2. The minimum Gasteiger partial charge on any atom is -0.496 e. The van der Waals surface area contributed by atoms with Gasteiger partial charge in [0.1, 0.15) is 17.0 Å². The number of hydrogen-bond acceptors (Lipinski definition) is 5. The van der Waals surface area contributed by atoms with Crippen LogP contribution in [0.5, 0.6) is 5.75 Å². The second-order valence-corrected chi connectivity index (χ2v) is 9.25. The zero-order valence-electron chi connectivity index (χ0n) is 20.1. The van der Waals surface area contributed by atoms with E-state index in [-0.39, 0.29) is 42.5 Å². The molecule has 1 aromatic carbocycles. The van der Waals surface area contributed by atoms with E-state index in [0.717, 1.165) is 37.7 Å². The van der Waals surface area contributed by atoms with Crippen LogP contribution in [0.2, 0.25) is 0 Å². The minimum absolute atomic E-state index is 0.148. The van der Waals surface area contributed by atoms with Crippen molar-refractivity contribution in [1.29, 1.82) is 0 Å². The van der Waals surface area contributed by atoms with E-state index >= 15 is 0 Å². The van der Waals surface area contributed by atoms with Gasteiger partial charge < -0.3 is 20.3 Å². The Morgan fingerprint density at radius 3 is 2.68 bits per heavy atom. The molecule has 34 heavy (non-hydrogen) atoms. The molecule has 1 unspecified atom stereocenters. The average molecular weight is 468 g/mol. The molecule has 2 heterocycles. The molecule has 0 saturated heterocycles. The summed E-state index contributed by atoms with van der Waals surface area (Å²) in [5.41, 5.74) is 0.237.